The first-order valence-electron chi connectivity index (χ1n) is 8.54. The second-order valence-corrected chi connectivity index (χ2v) is 6.17. The van der Waals surface area contributed by atoms with Gasteiger partial charge in [-0.15, -0.1) is 0 Å². The zero-order valence-corrected chi connectivity index (χ0v) is 15.2. The number of nitrogens with one attached hydrogen (secondary N) is 3. The number of pyridine rings is 1. The fraction of sp³-hybridized carbons (Fsp3) is 0.105. The molecule has 0 radical (unpaired) electrons. The molecule has 4 rings (SSSR count). The van der Waals surface area contributed by atoms with E-state index < -0.39 is 5.91 Å². The number of carbonyl (C=O) groups excluding carboxylic acids is 1. The van der Waals surface area contributed by atoms with Crippen LogP contribution in [0, 0.1) is 13.8 Å². The predicted molar refractivity (Wildman–Crippen MR) is 102 cm³/mol. The van der Waals surface area contributed by atoms with Crippen LogP contribution in [0.2, 0.25) is 0 Å². The zero-order valence-electron chi connectivity index (χ0n) is 15.2. The molecule has 9 nitrogen and oxygen atoms in total. The van der Waals surface area contributed by atoms with Gasteiger partial charge in [0, 0.05) is 29.2 Å². The average Bonchev–Trinajstić information content (AvgIpc) is 3.34. The normalized spacial score (nSPS) is 10.6. The Labute approximate surface area is 160 Å². The van der Waals surface area contributed by atoms with E-state index in [-0.39, 0.29) is 11.7 Å². The van der Waals surface area contributed by atoms with Crippen molar-refractivity contribution in [3.63, 3.8) is 0 Å². The minimum atomic E-state index is -0.420. The van der Waals surface area contributed by atoms with Gasteiger partial charge in [-0.2, -0.15) is 4.98 Å². The predicted octanol–water partition coefficient (Wildman–Crippen LogP) is 2.90. The summed E-state index contributed by atoms with van der Waals surface area (Å²) in [7, 11) is 0. The number of hydrogen-bond acceptors (Lipinski definition) is 7. The van der Waals surface area contributed by atoms with Crippen molar-refractivity contribution in [1.29, 1.82) is 0 Å². The van der Waals surface area contributed by atoms with Crippen LogP contribution < -0.4 is 10.9 Å². The first-order chi connectivity index (χ1) is 13.6. The van der Waals surface area contributed by atoms with Crippen LogP contribution in [0.3, 0.4) is 0 Å². The molecule has 0 aliphatic rings. The van der Waals surface area contributed by atoms with Gasteiger partial charge in [0.1, 0.15) is 5.82 Å². The summed E-state index contributed by atoms with van der Waals surface area (Å²) in [6, 6.07) is 11.5. The molecule has 0 saturated carbocycles. The molecular formula is C19H17N7O2. The molecule has 0 saturated heterocycles. The highest BCUT2D eigenvalue weighted by atomic mass is 16.5. The third-order valence-electron chi connectivity index (χ3n) is 4.04. The highest BCUT2D eigenvalue weighted by Crippen LogP contribution is 2.19. The summed E-state index contributed by atoms with van der Waals surface area (Å²) in [5.74, 6) is 0.595. The lowest BCUT2D eigenvalue weighted by atomic mass is 10.1. The van der Waals surface area contributed by atoms with Crippen LogP contribution in [-0.4, -0.2) is 31.0 Å². The van der Waals surface area contributed by atoms with Gasteiger partial charge >= 0.3 is 6.01 Å². The largest absolute Gasteiger partial charge is 0.341 e. The van der Waals surface area contributed by atoms with Crippen LogP contribution in [0.15, 0.2) is 53.3 Å². The zero-order chi connectivity index (χ0) is 19.5. The van der Waals surface area contributed by atoms with E-state index in [0.29, 0.717) is 17.3 Å². The summed E-state index contributed by atoms with van der Waals surface area (Å²) in [6.45, 7) is 3.79. The highest BCUT2D eigenvalue weighted by Gasteiger charge is 2.17. The van der Waals surface area contributed by atoms with Crippen molar-refractivity contribution < 1.29 is 9.32 Å². The molecule has 0 atom stereocenters. The monoisotopic (exact) mass is 375 g/mol. The van der Waals surface area contributed by atoms with E-state index in [9.17, 15) is 4.79 Å². The number of hydrogen-bond donors (Lipinski definition) is 3. The molecule has 28 heavy (non-hydrogen) atoms. The Bertz CT molecular complexity index is 1120. The number of anilines is 1. The molecule has 0 spiro atoms. The molecule has 0 unspecified atom stereocenters. The lowest BCUT2D eigenvalue weighted by Gasteiger charge is -2.02. The first-order valence-corrected chi connectivity index (χ1v) is 8.54. The van der Waals surface area contributed by atoms with Crippen LogP contribution >= 0.6 is 0 Å². The number of aromatic amines is 1. The number of benzene rings is 1. The van der Waals surface area contributed by atoms with Gasteiger partial charge in [0.2, 0.25) is 5.82 Å². The minimum absolute atomic E-state index is 0.0623. The fourth-order valence-electron chi connectivity index (χ4n) is 2.67. The van der Waals surface area contributed by atoms with E-state index in [0.717, 1.165) is 16.7 Å². The molecule has 3 aromatic heterocycles. The Balaban J connectivity index is 1.45. The number of aryl methyl sites for hydroxylation is 2. The van der Waals surface area contributed by atoms with Crippen LogP contribution in [-0.2, 0) is 0 Å². The van der Waals surface area contributed by atoms with E-state index >= 15 is 0 Å². The molecule has 0 aliphatic heterocycles. The van der Waals surface area contributed by atoms with E-state index in [4.69, 9.17) is 4.52 Å². The third kappa shape index (κ3) is 3.58. The van der Waals surface area contributed by atoms with E-state index in [2.05, 4.69) is 35.9 Å². The average molecular weight is 375 g/mol. The molecule has 0 aliphatic carbocycles. The Kier molecular flexibility index (Phi) is 4.55. The van der Waals surface area contributed by atoms with Gasteiger partial charge < -0.3 is 9.51 Å². The van der Waals surface area contributed by atoms with Gasteiger partial charge in [-0.25, -0.2) is 10.4 Å². The summed E-state index contributed by atoms with van der Waals surface area (Å²) in [4.78, 5) is 28.1. The number of rotatable bonds is 5. The standard InChI is InChI=1S/C19H17N7O2/c1-11-4-3-5-14(10-11)16-21-12(2)15(22-16)18(27)24-25-19-23-17(26-28-19)13-6-8-20-9-7-13/h3-10H,1-2H3,(H,21,22)(H,24,27)(H,23,25,26). The number of carbonyl (C=O) groups is 1. The number of hydrazine groups is 1. The van der Waals surface area contributed by atoms with Crippen molar-refractivity contribution in [3.05, 3.63) is 65.7 Å². The highest BCUT2D eigenvalue weighted by molar-refractivity contribution is 5.94. The molecule has 3 heterocycles. The van der Waals surface area contributed by atoms with Gasteiger partial charge in [-0.3, -0.25) is 15.2 Å². The second kappa shape index (κ2) is 7.31. The third-order valence-corrected chi connectivity index (χ3v) is 4.04. The maximum atomic E-state index is 12.5. The topological polar surface area (TPSA) is 122 Å². The van der Waals surface area contributed by atoms with E-state index in [1.54, 1.807) is 31.5 Å². The molecule has 3 N–H and O–H groups in total. The van der Waals surface area contributed by atoms with Crippen LogP contribution in [0.1, 0.15) is 21.7 Å². The van der Waals surface area contributed by atoms with Gasteiger partial charge in [0.05, 0.1) is 0 Å². The molecule has 0 fully saturated rings. The van der Waals surface area contributed by atoms with Crippen molar-refractivity contribution in [2.45, 2.75) is 13.8 Å². The number of nitrogens with zero attached hydrogens (tertiary/aromatic N) is 4. The summed E-state index contributed by atoms with van der Waals surface area (Å²) < 4.78 is 5.09. The SMILES string of the molecule is Cc1cccc(-c2nc(C(=O)NNc3nc(-c4ccncc4)no3)c(C)[nH]2)c1. The van der Waals surface area contributed by atoms with Crippen molar-refractivity contribution in [3.8, 4) is 22.8 Å². The maximum Gasteiger partial charge on any atom is 0.340 e. The van der Waals surface area contributed by atoms with Crippen molar-refractivity contribution in [1.82, 2.24) is 30.5 Å². The van der Waals surface area contributed by atoms with Gasteiger partial charge in [-0.1, -0.05) is 28.9 Å². The summed E-state index contributed by atoms with van der Waals surface area (Å²) in [5, 5.41) is 3.86. The van der Waals surface area contributed by atoms with Crippen molar-refractivity contribution >= 4 is 11.9 Å². The van der Waals surface area contributed by atoms with Gasteiger partial charge in [0.15, 0.2) is 5.69 Å². The van der Waals surface area contributed by atoms with Crippen molar-refractivity contribution in [2.24, 2.45) is 0 Å². The summed E-state index contributed by atoms with van der Waals surface area (Å²) in [5.41, 5.74) is 8.83. The summed E-state index contributed by atoms with van der Waals surface area (Å²) in [6.07, 6.45) is 3.26. The van der Waals surface area contributed by atoms with E-state index in [1.165, 1.54) is 0 Å². The lowest BCUT2D eigenvalue weighted by molar-refractivity contribution is 0.0956. The Morgan fingerprint density at radius 2 is 1.89 bits per heavy atom. The Morgan fingerprint density at radius 1 is 1.07 bits per heavy atom. The molecular weight excluding hydrogens is 358 g/mol. The minimum Gasteiger partial charge on any atom is -0.341 e. The fourth-order valence-corrected chi connectivity index (χ4v) is 2.67. The number of imidazole rings is 1. The quantitative estimate of drug-likeness (QED) is 0.458. The van der Waals surface area contributed by atoms with Crippen molar-refractivity contribution in [2.75, 3.05) is 5.43 Å². The lowest BCUT2D eigenvalue weighted by Crippen LogP contribution is -2.30. The van der Waals surface area contributed by atoms with E-state index in [1.807, 2.05) is 31.2 Å². The molecule has 1 amide bonds. The van der Waals surface area contributed by atoms with Gasteiger partial charge in [-0.05, 0) is 32.0 Å². The molecule has 1 aromatic carbocycles. The van der Waals surface area contributed by atoms with Crippen LogP contribution in [0.4, 0.5) is 6.01 Å². The molecule has 0 bridgehead atoms. The first kappa shape index (κ1) is 17.4. The number of H-pyrrole nitrogens is 1. The summed E-state index contributed by atoms with van der Waals surface area (Å²) >= 11 is 0. The molecule has 140 valence electrons. The second-order valence-electron chi connectivity index (χ2n) is 6.17. The molecule has 9 heteroatoms. The maximum absolute atomic E-state index is 12.5. The molecule has 4 aromatic rings. The Morgan fingerprint density at radius 3 is 2.68 bits per heavy atom. The van der Waals surface area contributed by atoms with Gasteiger partial charge in [0.25, 0.3) is 5.91 Å². The van der Waals surface area contributed by atoms with Crippen LogP contribution in [0.25, 0.3) is 22.8 Å². The number of amides is 1. The Hall–Kier alpha value is -4.01. The smallest absolute Gasteiger partial charge is 0.340 e. The number of aromatic nitrogens is 5. The van der Waals surface area contributed by atoms with Crippen LogP contribution in [0.5, 0.6) is 0 Å².